The van der Waals surface area contributed by atoms with Gasteiger partial charge in [-0.3, -0.25) is 10.1 Å². The van der Waals surface area contributed by atoms with E-state index in [2.05, 4.69) is 10.3 Å². The average molecular weight is 262 g/mol. The van der Waals surface area contributed by atoms with Gasteiger partial charge in [0.15, 0.2) is 5.82 Å². The first-order chi connectivity index (χ1) is 9.10. The molecule has 2 N–H and O–H groups in total. The van der Waals surface area contributed by atoms with Crippen LogP contribution in [0.2, 0.25) is 0 Å². The van der Waals surface area contributed by atoms with Crippen LogP contribution in [0, 0.1) is 0 Å². The van der Waals surface area contributed by atoms with E-state index in [-0.39, 0.29) is 24.0 Å². The number of aliphatic hydroxyl groups is 1. The maximum atomic E-state index is 12.0. The second kappa shape index (κ2) is 4.97. The van der Waals surface area contributed by atoms with E-state index in [1.807, 2.05) is 0 Å². The minimum Gasteiger partial charge on any atom is -0.493 e. The quantitative estimate of drug-likeness (QED) is 0.798. The fourth-order valence-electron chi connectivity index (χ4n) is 1.74. The third-order valence-electron chi connectivity index (χ3n) is 2.65. The van der Waals surface area contributed by atoms with Crippen LogP contribution < -0.4 is 10.3 Å². The molecule has 0 atom stereocenters. The molecule has 0 radical (unpaired) electrons. The van der Waals surface area contributed by atoms with Gasteiger partial charge in [0.1, 0.15) is 5.69 Å². The van der Waals surface area contributed by atoms with E-state index in [0.29, 0.717) is 5.69 Å². The first-order valence-corrected chi connectivity index (χ1v) is 5.84. The number of hydrogen-bond donors (Lipinski definition) is 2. The zero-order valence-electron chi connectivity index (χ0n) is 10.6. The maximum absolute atomic E-state index is 12.0. The third-order valence-corrected chi connectivity index (χ3v) is 2.65. The Bertz CT molecular complexity index is 556. The number of allylic oxidation sites excluding steroid dienone is 1. The molecule has 2 heterocycles. The summed E-state index contributed by atoms with van der Waals surface area (Å²) in [5.41, 5.74) is 0.419. The molecule has 1 aliphatic rings. The van der Waals surface area contributed by atoms with Gasteiger partial charge in [-0.25, -0.2) is 14.8 Å². The largest absolute Gasteiger partial charge is 0.493 e. The fourth-order valence-corrected chi connectivity index (χ4v) is 1.74. The smallest absolute Gasteiger partial charge is 0.349 e. The summed E-state index contributed by atoms with van der Waals surface area (Å²) < 4.78 is 0. The molecule has 19 heavy (non-hydrogen) atoms. The molecule has 1 aromatic heterocycles. The second-order valence-corrected chi connectivity index (χ2v) is 3.82. The summed E-state index contributed by atoms with van der Waals surface area (Å²) in [7, 11) is 0. The van der Waals surface area contributed by atoms with Crippen molar-refractivity contribution in [1.82, 2.24) is 9.99 Å². The zero-order chi connectivity index (χ0) is 14.0. The summed E-state index contributed by atoms with van der Waals surface area (Å²) in [5.74, 6) is -0.360. The Morgan fingerprint density at radius 1 is 1.53 bits per heavy atom. The number of urea groups is 1. The number of hydrazine groups is 1. The van der Waals surface area contributed by atoms with Crippen LogP contribution >= 0.6 is 0 Å². The number of anilines is 2. The highest BCUT2D eigenvalue weighted by molar-refractivity contribution is 6.06. The van der Waals surface area contributed by atoms with Crippen molar-refractivity contribution in [2.24, 2.45) is 0 Å². The Hall–Kier alpha value is -2.57. The predicted molar refractivity (Wildman–Crippen MR) is 69.3 cm³/mol. The standard InChI is InChI=1S/C12H14N4O3/c1-3-9(17)15-8-6-5-7-13-11(8)14-12(19)16(15)10(18)4-2/h4-7,18H,3H2,1-2H3,(H,13,14,19). The lowest BCUT2D eigenvalue weighted by Crippen LogP contribution is -2.54. The molecule has 0 aromatic carbocycles. The van der Waals surface area contributed by atoms with Gasteiger partial charge in [0.2, 0.25) is 11.8 Å². The van der Waals surface area contributed by atoms with Crippen molar-refractivity contribution in [3.05, 3.63) is 30.3 Å². The van der Waals surface area contributed by atoms with Crippen LogP contribution in [-0.2, 0) is 4.79 Å². The molecule has 0 aliphatic carbocycles. The molecule has 0 bridgehead atoms. The van der Waals surface area contributed by atoms with Crippen molar-refractivity contribution in [3.63, 3.8) is 0 Å². The third kappa shape index (κ3) is 2.10. The van der Waals surface area contributed by atoms with E-state index in [1.54, 1.807) is 26.0 Å². The lowest BCUT2D eigenvalue weighted by molar-refractivity contribution is -0.120. The van der Waals surface area contributed by atoms with Crippen molar-refractivity contribution in [2.45, 2.75) is 20.3 Å². The molecule has 0 spiro atoms. The van der Waals surface area contributed by atoms with Gasteiger partial charge < -0.3 is 5.11 Å². The number of carbonyl (C=O) groups excluding carboxylic acids is 2. The van der Waals surface area contributed by atoms with Gasteiger partial charge in [0, 0.05) is 12.6 Å². The molecular weight excluding hydrogens is 248 g/mol. The highest BCUT2D eigenvalue weighted by Crippen LogP contribution is 2.31. The number of fused-ring (bicyclic) bond motifs is 1. The second-order valence-electron chi connectivity index (χ2n) is 3.82. The Balaban J connectivity index is 2.57. The molecule has 0 unspecified atom stereocenters. The molecule has 0 saturated heterocycles. The van der Waals surface area contributed by atoms with Crippen LogP contribution in [0.15, 0.2) is 30.3 Å². The summed E-state index contributed by atoms with van der Waals surface area (Å²) in [6.45, 7) is 3.24. The molecule has 0 saturated carbocycles. The van der Waals surface area contributed by atoms with Crippen LogP contribution in [0.4, 0.5) is 16.3 Å². The number of carbonyl (C=O) groups is 2. The monoisotopic (exact) mass is 262 g/mol. The molecule has 3 amide bonds. The Morgan fingerprint density at radius 3 is 2.89 bits per heavy atom. The van der Waals surface area contributed by atoms with Gasteiger partial charge in [-0.05, 0) is 25.1 Å². The number of aromatic nitrogens is 1. The molecule has 7 heteroatoms. The van der Waals surface area contributed by atoms with Gasteiger partial charge in [-0.1, -0.05) is 6.92 Å². The maximum Gasteiger partial charge on any atom is 0.349 e. The average Bonchev–Trinajstić information content (AvgIpc) is 2.44. The van der Waals surface area contributed by atoms with Gasteiger partial charge in [0.05, 0.1) is 0 Å². The first-order valence-electron chi connectivity index (χ1n) is 5.84. The predicted octanol–water partition coefficient (Wildman–Crippen LogP) is 2.01. The fraction of sp³-hybridized carbons (Fsp3) is 0.250. The number of pyridine rings is 1. The molecule has 1 aromatic rings. The molecule has 2 rings (SSSR count). The molecule has 1 aliphatic heterocycles. The van der Waals surface area contributed by atoms with Gasteiger partial charge >= 0.3 is 6.03 Å². The van der Waals surface area contributed by atoms with E-state index >= 15 is 0 Å². The summed E-state index contributed by atoms with van der Waals surface area (Å²) >= 11 is 0. The normalized spacial score (nSPS) is 15.1. The van der Waals surface area contributed by atoms with Crippen LogP contribution in [0.25, 0.3) is 0 Å². The highest BCUT2D eigenvalue weighted by Gasteiger charge is 2.36. The number of nitrogens with one attached hydrogen (secondary N) is 1. The van der Waals surface area contributed by atoms with Gasteiger partial charge in [-0.15, -0.1) is 0 Å². The summed E-state index contributed by atoms with van der Waals surface area (Å²) in [6, 6.07) is 2.66. The topological polar surface area (TPSA) is 85.8 Å². The SMILES string of the molecule is CC=C(O)N1C(=O)Nc2ncccc2N1C(=O)CC. The summed E-state index contributed by atoms with van der Waals surface area (Å²) in [6.07, 6.45) is 3.03. The molecule has 0 fully saturated rings. The Labute approximate surface area is 110 Å². The van der Waals surface area contributed by atoms with E-state index in [0.717, 1.165) is 10.0 Å². The number of rotatable bonds is 2. The van der Waals surface area contributed by atoms with Crippen molar-refractivity contribution in [2.75, 3.05) is 10.3 Å². The zero-order valence-corrected chi connectivity index (χ0v) is 10.6. The van der Waals surface area contributed by atoms with Crippen molar-refractivity contribution in [1.29, 1.82) is 0 Å². The number of amides is 3. The minimum absolute atomic E-state index is 0.190. The first kappa shape index (κ1) is 12.9. The summed E-state index contributed by atoms with van der Waals surface area (Å²) in [5, 5.41) is 14.3. The van der Waals surface area contributed by atoms with Gasteiger partial charge in [0.25, 0.3) is 0 Å². The number of hydrogen-bond acceptors (Lipinski definition) is 4. The van der Waals surface area contributed by atoms with Crippen LogP contribution in [0.5, 0.6) is 0 Å². The van der Waals surface area contributed by atoms with E-state index in [1.165, 1.54) is 12.3 Å². The lowest BCUT2D eigenvalue weighted by atomic mass is 10.3. The number of nitrogens with zero attached hydrogens (tertiary/aromatic N) is 3. The Morgan fingerprint density at radius 2 is 2.26 bits per heavy atom. The summed E-state index contributed by atoms with van der Waals surface area (Å²) in [4.78, 5) is 28.0. The van der Waals surface area contributed by atoms with Crippen LogP contribution in [-0.4, -0.2) is 27.0 Å². The molecule has 7 nitrogen and oxygen atoms in total. The number of aliphatic hydroxyl groups excluding tert-OH is 1. The minimum atomic E-state index is -0.636. The lowest BCUT2D eigenvalue weighted by Gasteiger charge is -2.37. The highest BCUT2D eigenvalue weighted by atomic mass is 16.3. The van der Waals surface area contributed by atoms with Crippen molar-refractivity contribution < 1.29 is 14.7 Å². The van der Waals surface area contributed by atoms with Crippen LogP contribution in [0.1, 0.15) is 20.3 Å². The van der Waals surface area contributed by atoms with E-state index in [4.69, 9.17) is 0 Å². The van der Waals surface area contributed by atoms with Crippen LogP contribution in [0.3, 0.4) is 0 Å². The Kier molecular flexibility index (Phi) is 3.37. The van der Waals surface area contributed by atoms with Gasteiger partial charge in [-0.2, -0.15) is 5.01 Å². The van der Waals surface area contributed by atoms with E-state index < -0.39 is 6.03 Å². The molecular formula is C12H14N4O3. The van der Waals surface area contributed by atoms with E-state index in [9.17, 15) is 14.7 Å². The molecule has 100 valence electrons. The van der Waals surface area contributed by atoms with Crippen molar-refractivity contribution >= 4 is 23.4 Å². The van der Waals surface area contributed by atoms with Crippen molar-refractivity contribution in [3.8, 4) is 0 Å².